The summed E-state index contributed by atoms with van der Waals surface area (Å²) in [5.41, 5.74) is 1.01. The van der Waals surface area contributed by atoms with Crippen LogP contribution in [-0.4, -0.2) is 13.1 Å². The lowest BCUT2D eigenvalue weighted by molar-refractivity contribution is 0.695. The smallest absolute Gasteiger partial charge is 0.100 e. The monoisotopic (exact) mass is 218 g/mol. The Morgan fingerprint density at radius 2 is 2.42 bits per heavy atom. The van der Waals surface area contributed by atoms with Crippen molar-refractivity contribution >= 4 is 44.2 Å². The van der Waals surface area contributed by atoms with Gasteiger partial charge in [0.15, 0.2) is 0 Å². The average molecular weight is 218 g/mol. The lowest BCUT2D eigenvalue weighted by atomic mass is 10.3. The van der Waals surface area contributed by atoms with Crippen molar-refractivity contribution in [1.29, 1.82) is 0 Å². The van der Waals surface area contributed by atoms with Crippen LogP contribution in [0.3, 0.4) is 0 Å². The van der Waals surface area contributed by atoms with E-state index in [4.69, 9.17) is 0 Å². The molecule has 0 saturated carbocycles. The first kappa shape index (κ1) is 9.57. The molecule has 0 aliphatic heterocycles. The molecule has 5 heteroatoms. The Balaban J connectivity index is 2.62. The lowest BCUT2D eigenvalue weighted by Gasteiger charge is -1.80. The van der Waals surface area contributed by atoms with E-state index in [9.17, 15) is 8.42 Å². The molecule has 0 bridgehead atoms. The SMILES string of the molecule is O=S=CS(=O)C=Cc1ccsc1. The molecule has 0 saturated heterocycles. The number of thiophene rings is 1. The molecule has 1 atom stereocenters. The zero-order valence-electron chi connectivity index (χ0n) is 6.01. The van der Waals surface area contributed by atoms with Crippen LogP contribution in [0.5, 0.6) is 0 Å². The standard InChI is InChI=1S/C7H6O2S3/c8-11-6-12(9)4-2-7-1-3-10-5-7/h1-6H. The summed E-state index contributed by atoms with van der Waals surface area (Å²) in [5, 5.41) is 5.37. The molecule has 0 aromatic carbocycles. The summed E-state index contributed by atoms with van der Waals surface area (Å²) < 4.78 is 22.0. The zero-order valence-corrected chi connectivity index (χ0v) is 8.45. The molecule has 0 radical (unpaired) electrons. The molecule has 2 nitrogen and oxygen atoms in total. The number of rotatable bonds is 3. The summed E-state index contributed by atoms with van der Waals surface area (Å²) in [6.07, 6.45) is 1.74. The fourth-order valence-corrected chi connectivity index (χ4v) is 2.07. The van der Waals surface area contributed by atoms with Crippen LogP contribution in [0.25, 0.3) is 6.08 Å². The van der Waals surface area contributed by atoms with Gasteiger partial charge < -0.3 is 0 Å². The third kappa shape index (κ3) is 3.25. The van der Waals surface area contributed by atoms with Crippen molar-refractivity contribution in [3.63, 3.8) is 0 Å². The summed E-state index contributed by atoms with van der Waals surface area (Å²) in [6.45, 7) is 0. The van der Waals surface area contributed by atoms with Crippen molar-refractivity contribution in [3.8, 4) is 0 Å². The topological polar surface area (TPSA) is 34.1 Å². The van der Waals surface area contributed by atoms with Crippen LogP contribution >= 0.6 is 11.3 Å². The van der Waals surface area contributed by atoms with Crippen LogP contribution < -0.4 is 0 Å². The van der Waals surface area contributed by atoms with Crippen LogP contribution in [0.15, 0.2) is 22.2 Å². The fraction of sp³-hybridized carbons (Fsp3) is 0. The second-order valence-electron chi connectivity index (χ2n) is 1.88. The van der Waals surface area contributed by atoms with Crippen LogP contribution in [0.1, 0.15) is 5.56 Å². The van der Waals surface area contributed by atoms with Crippen molar-refractivity contribution in [2.75, 3.05) is 0 Å². The first-order chi connectivity index (χ1) is 5.83. The van der Waals surface area contributed by atoms with Gasteiger partial charge >= 0.3 is 0 Å². The van der Waals surface area contributed by atoms with Gasteiger partial charge in [-0.15, -0.1) is 0 Å². The Morgan fingerprint density at radius 3 is 3.00 bits per heavy atom. The molecule has 64 valence electrons. The third-order valence-electron chi connectivity index (χ3n) is 1.07. The molecule has 1 unspecified atom stereocenters. The second-order valence-corrected chi connectivity index (χ2v) is 4.55. The predicted molar refractivity (Wildman–Crippen MR) is 55.7 cm³/mol. The molecule has 0 spiro atoms. The summed E-state index contributed by atoms with van der Waals surface area (Å²) in [5.74, 6) is 0. The summed E-state index contributed by atoms with van der Waals surface area (Å²) in [4.78, 5) is 0. The molecule has 0 aliphatic rings. The first-order valence-electron chi connectivity index (χ1n) is 3.04. The Labute approximate surface area is 80.5 Å². The van der Waals surface area contributed by atoms with Gasteiger partial charge in [0.1, 0.15) is 4.70 Å². The zero-order chi connectivity index (χ0) is 8.81. The minimum absolute atomic E-state index is 0.223. The van der Waals surface area contributed by atoms with Crippen molar-refractivity contribution in [1.82, 2.24) is 0 Å². The van der Waals surface area contributed by atoms with Gasteiger partial charge in [0.25, 0.3) is 0 Å². The predicted octanol–water partition coefficient (Wildman–Crippen LogP) is 1.44. The van der Waals surface area contributed by atoms with Crippen LogP contribution in [0.4, 0.5) is 0 Å². The molecule has 1 aromatic heterocycles. The van der Waals surface area contributed by atoms with Gasteiger partial charge in [-0.05, 0) is 28.5 Å². The highest BCUT2D eigenvalue weighted by Crippen LogP contribution is 2.07. The molecular formula is C7H6O2S3. The van der Waals surface area contributed by atoms with Crippen molar-refractivity contribution in [2.45, 2.75) is 0 Å². The number of hydrogen-bond donors (Lipinski definition) is 0. The van der Waals surface area contributed by atoms with Gasteiger partial charge in [-0.25, -0.2) is 8.42 Å². The molecule has 0 amide bonds. The quantitative estimate of drug-likeness (QED) is 0.719. The first-order valence-corrected chi connectivity index (χ1v) is 6.07. The van der Waals surface area contributed by atoms with E-state index in [1.807, 2.05) is 16.8 Å². The van der Waals surface area contributed by atoms with Crippen molar-refractivity contribution in [2.24, 2.45) is 0 Å². The highest BCUT2D eigenvalue weighted by atomic mass is 32.2. The van der Waals surface area contributed by atoms with Crippen molar-refractivity contribution < 1.29 is 8.42 Å². The van der Waals surface area contributed by atoms with Gasteiger partial charge in [-0.3, -0.25) is 0 Å². The molecule has 0 N–H and O–H groups in total. The molecular weight excluding hydrogens is 212 g/mol. The maximum atomic E-state index is 10.9. The minimum atomic E-state index is -1.26. The van der Waals surface area contributed by atoms with E-state index in [0.717, 1.165) is 10.3 Å². The van der Waals surface area contributed by atoms with Crippen LogP contribution in [0.2, 0.25) is 0 Å². The van der Waals surface area contributed by atoms with E-state index in [1.54, 1.807) is 17.4 Å². The third-order valence-corrected chi connectivity index (χ3v) is 3.25. The molecule has 12 heavy (non-hydrogen) atoms. The fourth-order valence-electron chi connectivity index (χ4n) is 0.586. The van der Waals surface area contributed by atoms with E-state index in [1.165, 1.54) is 5.41 Å². The molecule has 1 aromatic rings. The van der Waals surface area contributed by atoms with Crippen molar-refractivity contribution in [3.05, 3.63) is 27.8 Å². The highest BCUT2D eigenvalue weighted by Gasteiger charge is 1.87. The van der Waals surface area contributed by atoms with Gasteiger partial charge in [0, 0.05) is 5.41 Å². The Hall–Kier alpha value is -0.520. The summed E-state index contributed by atoms with van der Waals surface area (Å²) in [7, 11) is -1.26. The minimum Gasteiger partial charge on any atom is -0.249 e. The maximum Gasteiger partial charge on any atom is 0.100 e. The van der Waals surface area contributed by atoms with Crippen LogP contribution in [0, 0.1) is 0 Å². The maximum absolute atomic E-state index is 10.9. The Morgan fingerprint density at radius 1 is 1.58 bits per heavy atom. The molecule has 1 rings (SSSR count). The van der Waals surface area contributed by atoms with E-state index in [0.29, 0.717) is 0 Å². The largest absolute Gasteiger partial charge is 0.249 e. The molecule has 1 heterocycles. The van der Waals surface area contributed by atoms with Gasteiger partial charge in [0.05, 0.1) is 22.1 Å². The average Bonchev–Trinajstić information content (AvgIpc) is 2.53. The lowest BCUT2D eigenvalue weighted by Crippen LogP contribution is -1.81. The van der Waals surface area contributed by atoms with Gasteiger partial charge in [-0.2, -0.15) is 11.3 Å². The molecule has 0 fully saturated rings. The normalized spacial score (nSPS) is 13.0. The second kappa shape index (κ2) is 5.18. The van der Waals surface area contributed by atoms with E-state index < -0.39 is 10.8 Å². The van der Waals surface area contributed by atoms with E-state index in [-0.39, 0.29) is 11.3 Å². The highest BCUT2D eigenvalue weighted by molar-refractivity contribution is 8.09. The van der Waals surface area contributed by atoms with Gasteiger partial charge in [0.2, 0.25) is 0 Å². The van der Waals surface area contributed by atoms with E-state index >= 15 is 0 Å². The molecule has 0 aliphatic carbocycles. The van der Waals surface area contributed by atoms with E-state index in [2.05, 4.69) is 0 Å². The Bertz CT molecular complexity index is 334. The summed E-state index contributed by atoms with van der Waals surface area (Å²) in [6, 6.07) is 1.92. The Kier molecular flexibility index (Phi) is 4.13. The van der Waals surface area contributed by atoms with Gasteiger partial charge in [-0.1, -0.05) is 0 Å². The number of hydrogen-bond acceptors (Lipinski definition) is 3. The summed E-state index contributed by atoms with van der Waals surface area (Å²) >= 11 is 1.80. The van der Waals surface area contributed by atoms with Crippen LogP contribution in [-0.2, 0) is 22.1 Å².